The fourth-order valence-electron chi connectivity index (χ4n) is 2.45. The van der Waals surface area contributed by atoms with Gasteiger partial charge in [-0.05, 0) is 37.5 Å². The Bertz CT molecular complexity index is 535. The lowest BCUT2D eigenvalue weighted by Gasteiger charge is -2.28. The van der Waals surface area contributed by atoms with E-state index in [9.17, 15) is 4.79 Å². The zero-order chi connectivity index (χ0) is 14.5. The van der Waals surface area contributed by atoms with Crippen LogP contribution in [0.1, 0.15) is 36.0 Å². The number of hydrogen-bond acceptors (Lipinski definition) is 4. The van der Waals surface area contributed by atoms with E-state index < -0.39 is 5.97 Å². The highest BCUT2D eigenvalue weighted by atomic mass is 16.5. The van der Waals surface area contributed by atoms with Crippen molar-refractivity contribution in [1.82, 2.24) is 0 Å². The molecule has 1 aromatic rings. The normalized spacial score (nSPS) is 21.8. The van der Waals surface area contributed by atoms with Gasteiger partial charge in [-0.3, -0.25) is 0 Å². The second kappa shape index (κ2) is 6.29. The maximum absolute atomic E-state index is 10.9. The van der Waals surface area contributed by atoms with Gasteiger partial charge in [0.1, 0.15) is 6.10 Å². The second-order valence-corrected chi connectivity index (χ2v) is 4.85. The number of nitrogens with zero attached hydrogens (tertiary/aromatic N) is 1. The van der Waals surface area contributed by atoms with Gasteiger partial charge in [-0.2, -0.15) is 5.26 Å². The van der Waals surface area contributed by atoms with Crippen LogP contribution in [0.2, 0.25) is 0 Å². The van der Waals surface area contributed by atoms with E-state index in [2.05, 4.69) is 6.07 Å². The maximum atomic E-state index is 10.9. The van der Waals surface area contributed by atoms with Gasteiger partial charge in [-0.15, -0.1) is 0 Å². The molecule has 20 heavy (non-hydrogen) atoms. The first-order valence-corrected chi connectivity index (χ1v) is 6.63. The first-order chi connectivity index (χ1) is 9.65. The van der Waals surface area contributed by atoms with Gasteiger partial charge in [0.2, 0.25) is 0 Å². The van der Waals surface area contributed by atoms with Gasteiger partial charge in [0.05, 0.1) is 24.7 Å². The average Bonchev–Trinajstić information content (AvgIpc) is 2.48. The molecule has 0 spiro atoms. The van der Waals surface area contributed by atoms with Crippen LogP contribution in [-0.4, -0.2) is 24.3 Å². The van der Waals surface area contributed by atoms with Crippen molar-refractivity contribution in [2.24, 2.45) is 5.92 Å². The van der Waals surface area contributed by atoms with E-state index in [4.69, 9.17) is 19.8 Å². The van der Waals surface area contributed by atoms with Crippen molar-refractivity contribution < 1.29 is 19.4 Å². The van der Waals surface area contributed by atoms with Crippen LogP contribution in [0.4, 0.5) is 0 Å². The predicted octanol–water partition coefficient (Wildman–Crippen LogP) is 2.85. The quantitative estimate of drug-likeness (QED) is 0.914. The van der Waals surface area contributed by atoms with Crippen LogP contribution in [-0.2, 0) is 0 Å². The van der Waals surface area contributed by atoms with Crippen molar-refractivity contribution in [3.8, 4) is 17.6 Å². The zero-order valence-electron chi connectivity index (χ0n) is 11.3. The Hall–Kier alpha value is -2.22. The van der Waals surface area contributed by atoms with E-state index >= 15 is 0 Å². The SMILES string of the molecule is COc1cc(C(=O)O)ccc1OC1CCCCC1C#N. The van der Waals surface area contributed by atoms with Crippen molar-refractivity contribution in [2.75, 3.05) is 7.11 Å². The monoisotopic (exact) mass is 275 g/mol. The molecule has 5 nitrogen and oxygen atoms in total. The molecule has 1 saturated carbocycles. The number of carboxylic acids is 1. The van der Waals surface area contributed by atoms with Crippen LogP contribution < -0.4 is 9.47 Å². The standard InChI is InChI=1S/C15H17NO4/c1-19-14-8-10(15(17)18)6-7-13(14)20-12-5-3-2-4-11(12)9-16/h6-8,11-12H,2-5H2,1H3,(H,17,18). The van der Waals surface area contributed by atoms with Crippen molar-refractivity contribution in [3.63, 3.8) is 0 Å². The minimum atomic E-state index is -1.01. The summed E-state index contributed by atoms with van der Waals surface area (Å²) in [6.07, 6.45) is 3.61. The number of nitriles is 1. The van der Waals surface area contributed by atoms with Gasteiger partial charge >= 0.3 is 5.97 Å². The molecule has 0 aromatic heterocycles. The van der Waals surface area contributed by atoms with Crippen LogP contribution in [0.3, 0.4) is 0 Å². The predicted molar refractivity (Wildman–Crippen MR) is 71.9 cm³/mol. The topological polar surface area (TPSA) is 79.6 Å². The molecule has 2 unspecified atom stereocenters. The minimum Gasteiger partial charge on any atom is -0.493 e. The molecule has 0 bridgehead atoms. The molecule has 0 heterocycles. The number of aromatic carboxylic acids is 1. The van der Waals surface area contributed by atoms with Gasteiger partial charge in [0, 0.05) is 0 Å². The van der Waals surface area contributed by atoms with Crippen molar-refractivity contribution in [2.45, 2.75) is 31.8 Å². The van der Waals surface area contributed by atoms with Crippen molar-refractivity contribution in [3.05, 3.63) is 23.8 Å². The summed E-state index contributed by atoms with van der Waals surface area (Å²) in [5, 5.41) is 18.1. The highest BCUT2D eigenvalue weighted by Crippen LogP contribution is 2.33. The van der Waals surface area contributed by atoms with Crippen LogP contribution >= 0.6 is 0 Å². The van der Waals surface area contributed by atoms with Crippen molar-refractivity contribution >= 4 is 5.97 Å². The lowest BCUT2D eigenvalue weighted by molar-refractivity contribution is 0.0696. The third kappa shape index (κ3) is 3.02. The summed E-state index contributed by atoms with van der Waals surface area (Å²) in [6.45, 7) is 0. The van der Waals surface area contributed by atoms with E-state index in [0.29, 0.717) is 11.5 Å². The second-order valence-electron chi connectivity index (χ2n) is 4.85. The molecule has 0 aliphatic heterocycles. The van der Waals surface area contributed by atoms with E-state index in [0.717, 1.165) is 25.7 Å². The fraction of sp³-hybridized carbons (Fsp3) is 0.467. The van der Waals surface area contributed by atoms with Crippen LogP contribution in [0.5, 0.6) is 11.5 Å². The summed E-state index contributed by atoms with van der Waals surface area (Å²) >= 11 is 0. The number of ether oxygens (including phenoxy) is 2. The number of carboxylic acid groups (broad SMARTS) is 1. The Morgan fingerprint density at radius 2 is 2.10 bits per heavy atom. The first kappa shape index (κ1) is 14.2. The van der Waals surface area contributed by atoms with E-state index in [1.807, 2.05) is 0 Å². The van der Waals surface area contributed by atoms with Crippen molar-refractivity contribution in [1.29, 1.82) is 5.26 Å². The Kier molecular flexibility index (Phi) is 4.46. The Labute approximate surface area is 117 Å². The van der Waals surface area contributed by atoms with Crippen LogP contribution in [0.25, 0.3) is 0 Å². The average molecular weight is 275 g/mol. The maximum Gasteiger partial charge on any atom is 0.335 e. The first-order valence-electron chi connectivity index (χ1n) is 6.63. The zero-order valence-corrected chi connectivity index (χ0v) is 11.3. The number of methoxy groups -OCH3 is 1. The molecule has 0 amide bonds. The summed E-state index contributed by atoms with van der Waals surface area (Å²) in [5.74, 6) is -0.258. The van der Waals surface area contributed by atoms with Gasteiger partial charge < -0.3 is 14.6 Å². The summed E-state index contributed by atoms with van der Waals surface area (Å²) in [6, 6.07) is 6.78. The molecule has 1 fully saturated rings. The highest BCUT2D eigenvalue weighted by Gasteiger charge is 2.27. The van der Waals surface area contributed by atoms with Crippen LogP contribution in [0, 0.1) is 17.2 Å². The fourth-order valence-corrected chi connectivity index (χ4v) is 2.45. The molecule has 1 N–H and O–H groups in total. The van der Waals surface area contributed by atoms with Gasteiger partial charge in [-0.25, -0.2) is 4.79 Å². The van der Waals surface area contributed by atoms with Crippen LogP contribution in [0.15, 0.2) is 18.2 Å². The summed E-state index contributed by atoms with van der Waals surface area (Å²) in [5.41, 5.74) is 0.148. The van der Waals surface area contributed by atoms with E-state index in [1.54, 1.807) is 6.07 Å². The smallest absolute Gasteiger partial charge is 0.335 e. The summed E-state index contributed by atoms with van der Waals surface area (Å²) in [7, 11) is 1.47. The summed E-state index contributed by atoms with van der Waals surface area (Å²) < 4.78 is 11.1. The molecule has 1 aromatic carbocycles. The summed E-state index contributed by atoms with van der Waals surface area (Å²) in [4.78, 5) is 10.9. The number of hydrogen-bond donors (Lipinski definition) is 1. The number of rotatable bonds is 4. The Balaban J connectivity index is 2.20. The Morgan fingerprint density at radius 3 is 2.75 bits per heavy atom. The molecule has 5 heteroatoms. The Morgan fingerprint density at radius 1 is 1.35 bits per heavy atom. The molecule has 0 saturated heterocycles. The number of carbonyl (C=O) groups is 1. The number of benzene rings is 1. The van der Waals surface area contributed by atoms with E-state index in [-0.39, 0.29) is 17.6 Å². The molecule has 0 radical (unpaired) electrons. The van der Waals surface area contributed by atoms with E-state index in [1.165, 1.54) is 19.2 Å². The molecular formula is C15H17NO4. The minimum absolute atomic E-state index is 0.118. The molecule has 1 aliphatic rings. The van der Waals surface area contributed by atoms with Gasteiger partial charge in [0.25, 0.3) is 0 Å². The molecule has 2 atom stereocenters. The third-order valence-electron chi connectivity index (χ3n) is 3.56. The largest absolute Gasteiger partial charge is 0.493 e. The lowest BCUT2D eigenvalue weighted by Crippen LogP contribution is -2.29. The van der Waals surface area contributed by atoms with Gasteiger partial charge in [0.15, 0.2) is 11.5 Å². The molecular weight excluding hydrogens is 258 g/mol. The molecule has 1 aliphatic carbocycles. The lowest BCUT2D eigenvalue weighted by atomic mass is 9.87. The third-order valence-corrected chi connectivity index (χ3v) is 3.56. The molecule has 2 rings (SSSR count). The van der Waals surface area contributed by atoms with Gasteiger partial charge in [-0.1, -0.05) is 6.42 Å². The highest BCUT2D eigenvalue weighted by molar-refractivity contribution is 5.88. The molecule has 106 valence electrons.